The zero-order valence-electron chi connectivity index (χ0n) is 22.3. The van der Waals surface area contributed by atoms with Gasteiger partial charge in [-0.15, -0.1) is 0 Å². The monoisotopic (exact) mass is 534 g/mol. The average molecular weight is 535 g/mol. The number of likely N-dealkylation sites (tertiary alicyclic amines) is 1. The van der Waals surface area contributed by atoms with Crippen LogP contribution in [0.3, 0.4) is 0 Å². The van der Waals surface area contributed by atoms with Crippen LogP contribution in [0.4, 0.5) is 5.69 Å². The van der Waals surface area contributed by atoms with Crippen molar-refractivity contribution < 1.29 is 24.0 Å². The Morgan fingerprint density at radius 3 is 2.59 bits per heavy atom. The number of fused-ring (bicyclic) bond motifs is 1. The van der Waals surface area contributed by atoms with Gasteiger partial charge in [0.05, 0.1) is 23.4 Å². The number of carbonyl (C=O) groups is 5. The molecule has 2 fully saturated rings. The Balaban J connectivity index is 1.20. The van der Waals surface area contributed by atoms with E-state index in [1.165, 1.54) is 0 Å². The SMILES string of the molecule is CC(C)CCC(=O)N1CCC(n2cc(CNc3cccc4c3C(=O)N(C3CCC(=O)NC3=O)C4=O)cn2)CC1. The number of nitrogens with zero attached hydrogens (tertiary/aromatic N) is 4. The molecule has 39 heavy (non-hydrogen) atoms. The van der Waals surface area contributed by atoms with Gasteiger partial charge in [-0.05, 0) is 43.7 Å². The zero-order chi connectivity index (χ0) is 27.7. The molecule has 0 spiro atoms. The fourth-order valence-corrected chi connectivity index (χ4v) is 5.48. The Hall–Kier alpha value is -4.02. The number of hydrogen-bond donors (Lipinski definition) is 2. The highest BCUT2D eigenvalue weighted by Gasteiger charge is 2.45. The molecule has 1 aromatic heterocycles. The first-order valence-electron chi connectivity index (χ1n) is 13.6. The van der Waals surface area contributed by atoms with Crippen LogP contribution >= 0.6 is 0 Å². The van der Waals surface area contributed by atoms with Gasteiger partial charge in [-0.2, -0.15) is 5.10 Å². The third-order valence-electron chi connectivity index (χ3n) is 7.73. The lowest BCUT2D eigenvalue weighted by Crippen LogP contribution is -2.54. The van der Waals surface area contributed by atoms with E-state index < -0.39 is 29.7 Å². The normalized spacial score (nSPS) is 20.0. The van der Waals surface area contributed by atoms with Gasteiger partial charge in [0.15, 0.2) is 0 Å². The summed E-state index contributed by atoms with van der Waals surface area (Å²) in [5, 5.41) is 10.0. The van der Waals surface area contributed by atoms with E-state index in [0.29, 0.717) is 24.6 Å². The van der Waals surface area contributed by atoms with Crippen molar-refractivity contribution in [1.82, 2.24) is 24.9 Å². The molecule has 0 bridgehead atoms. The summed E-state index contributed by atoms with van der Waals surface area (Å²) >= 11 is 0. The summed E-state index contributed by atoms with van der Waals surface area (Å²) in [5.74, 6) is -1.37. The number of imide groups is 2. The Bertz CT molecular complexity index is 1310. The molecular formula is C28H34N6O5. The van der Waals surface area contributed by atoms with Crippen molar-refractivity contribution in [2.75, 3.05) is 18.4 Å². The smallest absolute Gasteiger partial charge is 0.264 e. The molecule has 4 heterocycles. The number of piperidine rings is 2. The minimum atomic E-state index is -1.00. The molecule has 206 valence electrons. The maximum absolute atomic E-state index is 13.3. The molecule has 2 saturated heterocycles. The van der Waals surface area contributed by atoms with Crippen LogP contribution in [0.1, 0.15) is 84.7 Å². The number of nitrogens with one attached hydrogen (secondary N) is 2. The molecule has 5 amide bonds. The van der Waals surface area contributed by atoms with Gasteiger partial charge in [0.2, 0.25) is 17.7 Å². The summed E-state index contributed by atoms with van der Waals surface area (Å²) in [6, 6.07) is 4.21. The Morgan fingerprint density at radius 2 is 1.87 bits per heavy atom. The Labute approximate surface area is 226 Å². The van der Waals surface area contributed by atoms with Crippen LogP contribution < -0.4 is 10.6 Å². The maximum Gasteiger partial charge on any atom is 0.264 e. The van der Waals surface area contributed by atoms with Crippen LogP contribution in [0, 0.1) is 5.92 Å². The molecule has 0 radical (unpaired) electrons. The average Bonchev–Trinajstić information content (AvgIpc) is 3.49. The van der Waals surface area contributed by atoms with Crippen LogP contribution in [-0.4, -0.2) is 68.2 Å². The number of amides is 5. The van der Waals surface area contributed by atoms with Crippen molar-refractivity contribution in [2.24, 2.45) is 5.92 Å². The van der Waals surface area contributed by atoms with Gasteiger partial charge in [0.1, 0.15) is 6.04 Å². The van der Waals surface area contributed by atoms with E-state index in [2.05, 4.69) is 29.6 Å². The molecule has 3 aliphatic rings. The van der Waals surface area contributed by atoms with Crippen LogP contribution in [0.5, 0.6) is 0 Å². The summed E-state index contributed by atoms with van der Waals surface area (Å²) < 4.78 is 1.95. The van der Waals surface area contributed by atoms with Crippen LogP contribution in [0.15, 0.2) is 30.6 Å². The second-order valence-electron chi connectivity index (χ2n) is 10.9. The third-order valence-corrected chi connectivity index (χ3v) is 7.73. The van der Waals surface area contributed by atoms with Gasteiger partial charge in [0, 0.05) is 49.9 Å². The van der Waals surface area contributed by atoms with Crippen LogP contribution in [0.2, 0.25) is 0 Å². The van der Waals surface area contributed by atoms with Crippen molar-refractivity contribution in [2.45, 2.75) is 71.0 Å². The number of hydrogen-bond acceptors (Lipinski definition) is 7. The molecule has 0 saturated carbocycles. The summed E-state index contributed by atoms with van der Waals surface area (Å²) in [4.78, 5) is 65.6. The van der Waals surface area contributed by atoms with E-state index in [4.69, 9.17) is 0 Å². The first-order chi connectivity index (χ1) is 18.7. The van der Waals surface area contributed by atoms with Crippen LogP contribution in [0.25, 0.3) is 0 Å². The second kappa shape index (κ2) is 11.0. The fraction of sp³-hybridized carbons (Fsp3) is 0.500. The molecule has 11 heteroatoms. The van der Waals surface area contributed by atoms with Crippen LogP contribution in [-0.2, 0) is 20.9 Å². The van der Waals surface area contributed by atoms with E-state index in [1.54, 1.807) is 24.4 Å². The predicted molar refractivity (Wildman–Crippen MR) is 142 cm³/mol. The summed E-state index contributed by atoms with van der Waals surface area (Å²) in [7, 11) is 0. The van der Waals surface area contributed by atoms with E-state index >= 15 is 0 Å². The fourth-order valence-electron chi connectivity index (χ4n) is 5.48. The van der Waals surface area contributed by atoms with E-state index in [9.17, 15) is 24.0 Å². The first-order valence-corrected chi connectivity index (χ1v) is 13.6. The van der Waals surface area contributed by atoms with Gasteiger partial charge >= 0.3 is 0 Å². The summed E-state index contributed by atoms with van der Waals surface area (Å²) in [5.41, 5.74) is 1.89. The predicted octanol–water partition coefficient (Wildman–Crippen LogP) is 2.50. The molecule has 2 aromatic rings. The molecule has 5 rings (SSSR count). The van der Waals surface area contributed by atoms with Gasteiger partial charge in [-0.25, -0.2) is 0 Å². The highest BCUT2D eigenvalue weighted by molar-refractivity contribution is 6.25. The number of carbonyl (C=O) groups excluding carboxylic acids is 5. The molecule has 3 aliphatic heterocycles. The lowest BCUT2D eigenvalue weighted by molar-refractivity contribution is -0.136. The zero-order valence-corrected chi connectivity index (χ0v) is 22.3. The molecule has 0 aliphatic carbocycles. The largest absolute Gasteiger partial charge is 0.380 e. The Kier molecular flexibility index (Phi) is 7.49. The Morgan fingerprint density at radius 1 is 1.10 bits per heavy atom. The molecular weight excluding hydrogens is 500 g/mol. The molecule has 1 unspecified atom stereocenters. The van der Waals surface area contributed by atoms with Crippen molar-refractivity contribution >= 4 is 35.2 Å². The second-order valence-corrected chi connectivity index (χ2v) is 10.9. The minimum Gasteiger partial charge on any atom is -0.380 e. The highest BCUT2D eigenvalue weighted by atomic mass is 16.2. The molecule has 2 N–H and O–H groups in total. The lowest BCUT2D eigenvalue weighted by atomic mass is 10.0. The molecule has 11 nitrogen and oxygen atoms in total. The number of benzene rings is 1. The maximum atomic E-state index is 13.3. The van der Waals surface area contributed by atoms with Crippen molar-refractivity contribution in [1.29, 1.82) is 0 Å². The van der Waals surface area contributed by atoms with E-state index in [0.717, 1.165) is 42.8 Å². The number of anilines is 1. The first kappa shape index (κ1) is 26.6. The molecule has 1 atom stereocenters. The molecule has 1 aromatic carbocycles. The van der Waals surface area contributed by atoms with Gasteiger partial charge < -0.3 is 10.2 Å². The summed E-state index contributed by atoms with van der Waals surface area (Å²) in [6.07, 6.45) is 7.15. The van der Waals surface area contributed by atoms with Gasteiger partial charge in [-0.1, -0.05) is 19.9 Å². The number of rotatable bonds is 8. The standard InChI is InChI=1S/C28H34N6O5/c1-17(2)6-9-24(36)32-12-10-19(11-13-32)33-16-18(15-30-33)14-29-21-5-3-4-20-25(21)28(39)34(27(20)38)22-7-8-23(35)31-26(22)37/h3-5,15-17,19,22,29H,6-14H2,1-2H3,(H,31,35,37). The quantitative estimate of drug-likeness (QED) is 0.497. The third kappa shape index (κ3) is 5.43. The minimum absolute atomic E-state index is 0.0758. The van der Waals surface area contributed by atoms with Gasteiger partial charge in [0.25, 0.3) is 11.8 Å². The van der Waals surface area contributed by atoms with Crippen molar-refractivity contribution in [3.63, 3.8) is 0 Å². The lowest BCUT2D eigenvalue weighted by Gasteiger charge is -2.32. The number of aromatic nitrogens is 2. The van der Waals surface area contributed by atoms with E-state index in [1.807, 2.05) is 15.8 Å². The van der Waals surface area contributed by atoms with E-state index in [-0.39, 0.29) is 35.9 Å². The van der Waals surface area contributed by atoms with Crippen molar-refractivity contribution in [3.05, 3.63) is 47.3 Å². The van der Waals surface area contributed by atoms with Gasteiger partial charge in [-0.3, -0.25) is 38.9 Å². The summed E-state index contributed by atoms with van der Waals surface area (Å²) in [6.45, 7) is 6.10. The topological polar surface area (TPSA) is 134 Å². The highest BCUT2D eigenvalue weighted by Crippen LogP contribution is 2.32. The van der Waals surface area contributed by atoms with Crippen molar-refractivity contribution in [3.8, 4) is 0 Å².